The zero-order valence-electron chi connectivity index (χ0n) is 14.3. The van der Waals surface area contributed by atoms with E-state index in [1.807, 2.05) is 43.3 Å². The first-order chi connectivity index (χ1) is 13.1. The number of hydrogen-bond acceptors (Lipinski definition) is 4. The number of hydrogen-bond donors (Lipinski definition) is 2. The first-order valence-electron chi connectivity index (χ1n) is 8.24. The van der Waals surface area contributed by atoms with E-state index in [1.54, 1.807) is 16.8 Å². The number of amides is 1. The minimum absolute atomic E-state index is 0.256. The second-order valence-corrected chi connectivity index (χ2v) is 6.84. The minimum atomic E-state index is -0.557. The molecule has 2 N–H and O–H groups in total. The van der Waals surface area contributed by atoms with Crippen molar-refractivity contribution in [3.8, 4) is 0 Å². The summed E-state index contributed by atoms with van der Waals surface area (Å²) in [5.41, 5.74) is 2.53. The van der Waals surface area contributed by atoms with Crippen molar-refractivity contribution in [2.45, 2.75) is 13.0 Å². The molecule has 27 heavy (non-hydrogen) atoms. The quantitative estimate of drug-likeness (QED) is 0.679. The fraction of sp³-hybridized carbons (Fsp3) is 0.105. The predicted octanol–water partition coefficient (Wildman–Crippen LogP) is 4.51. The van der Waals surface area contributed by atoms with E-state index in [0.29, 0.717) is 38.5 Å². The molecular weight excluding hydrogens is 385 g/mol. The minimum Gasteiger partial charge on any atom is -0.328 e. The van der Waals surface area contributed by atoms with Gasteiger partial charge in [0.2, 0.25) is 5.95 Å². The fourth-order valence-corrected chi connectivity index (χ4v) is 3.54. The third-order valence-corrected chi connectivity index (χ3v) is 5.18. The van der Waals surface area contributed by atoms with Crippen LogP contribution in [0.3, 0.4) is 0 Å². The number of para-hydroxylation sites is 1. The average molecular weight is 400 g/mol. The van der Waals surface area contributed by atoms with Crippen LogP contribution in [-0.2, 0) is 4.79 Å². The highest BCUT2D eigenvalue weighted by atomic mass is 35.5. The molecule has 1 atom stereocenters. The fourth-order valence-electron chi connectivity index (χ4n) is 3.12. The van der Waals surface area contributed by atoms with E-state index in [-0.39, 0.29) is 5.91 Å². The van der Waals surface area contributed by atoms with Crippen molar-refractivity contribution in [2.24, 2.45) is 0 Å². The number of anilines is 2. The van der Waals surface area contributed by atoms with E-state index in [1.165, 1.54) is 6.33 Å². The summed E-state index contributed by atoms with van der Waals surface area (Å²) >= 11 is 12.7. The second kappa shape index (κ2) is 7.06. The van der Waals surface area contributed by atoms with Gasteiger partial charge in [-0.3, -0.25) is 4.79 Å². The number of fused-ring (bicyclic) bond motifs is 1. The lowest BCUT2D eigenvalue weighted by Gasteiger charge is -2.29. The summed E-state index contributed by atoms with van der Waals surface area (Å²) in [6.07, 6.45) is 1.43. The molecule has 4 rings (SSSR count). The molecule has 0 aliphatic carbocycles. The van der Waals surface area contributed by atoms with E-state index >= 15 is 0 Å². The summed E-state index contributed by atoms with van der Waals surface area (Å²) in [5.74, 6) is 0.276. The number of carbonyl (C=O) groups is 1. The predicted molar refractivity (Wildman–Crippen MR) is 106 cm³/mol. The largest absolute Gasteiger partial charge is 0.328 e. The molecule has 6 nitrogen and oxygen atoms in total. The van der Waals surface area contributed by atoms with Crippen LogP contribution in [-0.4, -0.2) is 20.7 Å². The van der Waals surface area contributed by atoms with Crippen LogP contribution in [0.2, 0.25) is 10.0 Å². The topological polar surface area (TPSA) is 71.8 Å². The molecule has 2 heterocycles. The van der Waals surface area contributed by atoms with Crippen LogP contribution in [0, 0.1) is 0 Å². The molecule has 8 heteroatoms. The maximum atomic E-state index is 13.1. The number of nitrogens with zero attached hydrogens (tertiary/aromatic N) is 3. The number of carbonyl (C=O) groups excluding carboxylic acids is 1. The van der Waals surface area contributed by atoms with Gasteiger partial charge < -0.3 is 10.6 Å². The number of benzene rings is 2. The molecule has 1 aliphatic heterocycles. The molecule has 0 saturated heterocycles. The lowest BCUT2D eigenvalue weighted by molar-refractivity contribution is -0.113. The summed E-state index contributed by atoms with van der Waals surface area (Å²) in [4.78, 5) is 17.4. The maximum absolute atomic E-state index is 13.1. The van der Waals surface area contributed by atoms with Crippen molar-refractivity contribution in [3.05, 3.63) is 81.7 Å². The van der Waals surface area contributed by atoms with Gasteiger partial charge in [-0.15, -0.1) is 0 Å². The van der Waals surface area contributed by atoms with Gasteiger partial charge in [0.25, 0.3) is 5.91 Å². The highest BCUT2D eigenvalue weighted by molar-refractivity contribution is 6.42. The molecule has 0 radical (unpaired) electrons. The zero-order valence-corrected chi connectivity index (χ0v) is 15.8. The van der Waals surface area contributed by atoms with Gasteiger partial charge in [-0.1, -0.05) is 53.5 Å². The van der Waals surface area contributed by atoms with Gasteiger partial charge in [-0.05, 0) is 25.1 Å². The number of halogens is 2. The molecule has 3 aromatic rings. The van der Waals surface area contributed by atoms with Crippen LogP contribution in [0.25, 0.3) is 0 Å². The Balaban J connectivity index is 1.82. The Morgan fingerprint density at radius 3 is 2.70 bits per heavy atom. The summed E-state index contributed by atoms with van der Waals surface area (Å²) in [5, 5.41) is 11.1. The zero-order chi connectivity index (χ0) is 19.0. The van der Waals surface area contributed by atoms with Gasteiger partial charge in [0.1, 0.15) is 12.4 Å². The maximum Gasteiger partial charge on any atom is 0.255 e. The molecule has 1 aromatic heterocycles. The SMILES string of the molecule is CC1=C(C(=O)Nc2ccccc2)[C@H](c2cccc(Cl)c2Cl)n2ncnc2N1. The second-order valence-electron chi connectivity index (χ2n) is 6.06. The van der Waals surface area contributed by atoms with Gasteiger partial charge in [0.15, 0.2) is 0 Å². The number of rotatable bonds is 3. The van der Waals surface area contributed by atoms with Crippen LogP contribution >= 0.6 is 23.2 Å². The Hall–Kier alpha value is -2.83. The Morgan fingerprint density at radius 1 is 1.15 bits per heavy atom. The van der Waals surface area contributed by atoms with Crippen LogP contribution in [0.1, 0.15) is 18.5 Å². The summed E-state index contributed by atoms with van der Waals surface area (Å²) in [7, 11) is 0. The Labute approximate surface area is 165 Å². The van der Waals surface area contributed by atoms with Crippen LogP contribution in [0.15, 0.2) is 66.1 Å². The molecule has 2 aromatic carbocycles. The number of allylic oxidation sites excluding steroid dienone is 1. The van der Waals surface area contributed by atoms with E-state index in [4.69, 9.17) is 23.2 Å². The average Bonchev–Trinajstić information content (AvgIpc) is 3.12. The monoisotopic (exact) mass is 399 g/mol. The first-order valence-corrected chi connectivity index (χ1v) is 8.99. The summed E-state index contributed by atoms with van der Waals surface area (Å²) in [6.45, 7) is 1.82. The molecule has 0 unspecified atom stereocenters. The van der Waals surface area contributed by atoms with Crippen molar-refractivity contribution in [1.82, 2.24) is 14.8 Å². The lowest BCUT2D eigenvalue weighted by atomic mass is 9.95. The van der Waals surface area contributed by atoms with Crippen LogP contribution in [0.5, 0.6) is 0 Å². The van der Waals surface area contributed by atoms with Crippen molar-refractivity contribution in [1.29, 1.82) is 0 Å². The summed E-state index contributed by atoms with van der Waals surface area (Å²) in [6, 6.07) is 14.0. The number of nitrogens with one attached hydrogen (secondary N) is 2. The van der Waals surface area contributed by atoms with Crippen molar-refractivity contribution < 1.29 is 4.79 Å². The smallest absolute Gasteiger partial charge is 0.255 e. The standard InChI is InChI=1S/C19H15Cl2N5O/c1-11-15(18(27)25-12-6-3-2-4-7-12)17(26-19(24-11)22-10-23-26)13-8-5-9-14(20)16(13)21/h2-10,17H,1H3,(H,25,27)(H,22,23,24)/t17-/m0/s1. The third kappa shape index (κ3) is 3.18. The summed E-state index contributed by atoms with van der Waals surface area (Å²) < 4.78 is 1.63. The molecular formula is C19H15Cl2N5O. The van der Waals surface area contributed by atoms with Gasteiger partial charge in [-0.25, -0.2) is 4.68 Å². The molecule has 0 bridgehead atoms. The molecule has 136 valence electrons. The van der Waals surface area contributed by atoms with Gasteiger partial charge in [-0.2, -0.15) is 10.1 Å². The van der Waals surface area contributed by atoms with Crippen molar-refractivity contribution >= 4 is 40.7 Å². The van der Waals surface area contributed by atoms with Gasteiger partial charge >= 0.3 is 0 Å². The lowest BCUT2D eigenvalue weighted by Crippen LogP contribution is -2.31. The Morgan fingerprint density at radius 2 is 1.93 bits per heavy atom. The van der Waals surface area contributed by atoms with Crippen molar-refractivity contribution in [3.63, 3.8) is 0 Å². The third-order valence-electron chi connectivity index (χ3n) is 4.35. The van der Waals surface area contributed by atoms with Crippen LogP contribution in [0.4, 0.5) is 11.6 Å². The normalized spacial score (nSPS) is 15.9. The molecule has 0 saturated carbocycles. The van der Waals surface area contributed by atoms with E-state index in [9.17, 15) is 4.79 Å². The van der Waals surface area contributed by atoms with Gasteiger partial charge in [0, 0.05) is 16.9 Å². The van der Waals surface area contributed by atoms with E-state index < -0.39 is 6.04 Å². The highest BCUT2D eigenvalue weighted by Crippen LogP contribution is 2.40. The first kappa shape index (κ1) is 17.6. The molecule has 1 amide bonds. The Bertz CT molecular complexity index is 1050. The highest BCUT2D eigenvalue weighted by Gasteiger charge is 2.34. The van der Waals surface area contributed by atoms with Gasteiger partial charge in [0.05, 0.1) is 15.6 Å². The molecule has 0 fully saturated rings. The molecule has 0 spiro atoms. The number of aromatic nitrogens is 3. The van der Waals surface area contributed by atoms with Crippen molar-refractivity contribution in [2.75, 3.05) is 10.6 Å². The van der Waals surface area contributed by atoms with Crippen LogP contribution < -0.4 is 10.6 Å². The van der Waals surface area contributed by atoms with E-state index in [2.05, 4.69) is 20.7 Å². The molecule has 1 aliphatic rings. The van der Waals surface area contributed by atoms with E-state index in [0.717, 1.165) is 0 Å². The Kier molecular flexibility index (Phi) is 4.59.